The van der Waals surface area contributed by atoms with Crippen molar-refractivity contribution >= 4 is 11.7 Å². The van der Waals surface area contributed by atoms with Gasteiger partial charge in [0.15, 0.2) is 5.84 Å². The van der Waals surface area contributed by atoms with Gasteiger partial charge in [0, 0.05) is 18.7 Å². The van der Waals surface area contributed by atoms with Gasteiger partial charge in [-0.25, -0.2) is 0 Å². The molecule has 0 aliphatic carbocycles. The second-order valence-electron chi connectivity index (χ2n) is 4.14. The number of nitrogens with one attached hydrogen (secondary N) is 2. The van der Waals surface area contributed by atoms with Crippen molar-refractivity contribution in [1.82, 2.24) is 10.6 Å². The molecule has 1 aromatic rings. The molecule has 19 heavy (non-hydrogen) atoms. The Morgan fingerprint density at radius 1 is 1.37 bits per heavy atom. The Hall–Kier alpha value is -2.08. The third-order valence-corrected chi connectivity index (χ3v) is 2.54. The zero-order valence-electron chi connectivity index (χ0n) is 11.0. The zero-order chi connectivity index (χ0) is 14.1. The minimum absolute atomic E-state index is 0.00451. The van der Waals surface area contributed by atoms with E-state index in [1.165, 1.54) is 0 Å². The molecule has 0 bridgehead atoms. The average molecular weight is 264 g/mol. The summed E-state index contributed by atoms with van der Waals surface area (Å²) in [6, 6.07) is 7.26. The van der Waals surface area contributed by atoms with Gasteiger partial charge in [0.25, 0.3) is 0 Å². The third-order valence-electron chi connectivity index (χ3n) is 2.54. The maximum Gasteiger partial charge on any atom is 0.233 e. The number of nitrogens with two attached hydrogens (primary N) is 1. The molecular formula is C13H20N4O2. The first-order valence-electron chi connectivity index (χ1n) is 6.21. The van der Waals surface area contributed by atoms with E-state index in [0.29, 0.717) is 25.2 Å². The summed E-state index contributed by atoms with van der Waals surface area (Å²) in [5, 5.41) is 17.3. The highest BCUT2D eigenvalue weighted by molar-refractivity contribution is 5.96. The highest BCUT2D eigenvalue weighted by atomic mass is 16.4. The van der Waals surface area contributed by atoms with Crippen LogP contribution in [0, 0.1) is 0 Å². The molecule has 0 unspecified atom stereocenters. The predicted molar refractivity (Wildman–Crippen MR) is 74.0 cm³/mol. The third kappa shape index (κ3) is 5.39. The summed E-state index contributed by atoms with van der Waals surface area (Å²) in [5.74, 6) is 0.0774. The summed E-state index contributed by atoms with van der Waals surface area (Å²) < 4.78 is 0. The van der Waals surface area contributed by atoms with Gasteiger partial charge < -0.3 is 21.6 Å². The van der Waals surface area contributed by atoms with Crippen LogP contribution in [0.15, 0.2) is 29.4 Å². The Morgan fingerprint density at radius 2 is 2.05 bits per heavy atom. The molecule has 0 aromatic heterocycles. The van der Waals surface area contributed by atoms with Gasteiger partial charge in [0.1, 0.15) is 0 Å². The van der Waals surface area contributed by atoms with Crippen LogP contribution in [0.25, 0.3) is 0 Å². The number of hydrogen-bond donors (Lipinski definition) is 4. The normalized spacial score (nSPS) is 11.3. The summed E-state index contributed by atoms with van der Waals surface area (Å²) in [6.45, 7) is 3.60. The van der Waals surface area contributed by atoms with Crippen LogP contribution in [0.1, 0.15) is 24.5 Å². The number of carbonyl (C=O) groups excluding carboxylic acids is 1. The van der Waals surface area contributed by atoms with Crippen molar-refractivity contribution < 1.29 is 10.0 Å². The van der Waals surface area contributed by atoms with E-state index < -0.39 is 0 Å². The topological polar surface area (TPSA) is 99.7 Å². The van der Waals surface area contributed by atoms with Crippen molar-refractivity contribution in [1.29, 1.82) is 0 Å². The SMILES string of the molecule is CCCNC(=O)CNCc1ccc(C(N)=NO)cc1. The Kier molecular flexibility index (Phi) is 6.38. The maximum atomic E-state index is 11.3. The van der Waals surface area contributed by atoms with Crippen LogP contribution in [-0.2, 0) is 11.3 Å². The molecule has 0 aliphatic heterocycles. The largest absolute Gasteiger partial charge is 0.409 e. The molecule has 0 atom stereocenters. The van der Waals surface area contributed by atoms with E-state index in [2.05, 4.69) is 15.8 Å². The molecule has 0 aliphatic rings. The number of rotatable bonds is 7. The Morgan fingerprint density at radius 3 is 2.63 bits per heavy atom. The molecule has 0 fully saturated rings. The lowest BCUT2D eigenvalue weighted by molar-refractivity contribution is -0.120. The molecule has 0 radical (unpaired) electrons. The van der Waals surface area contributed by atoms with E-state index in [1.54, 1.807) is 12.1 Å². The van der Waals surface area contributed by atoms with Crippen LogP contribution in [0.5, 0.6) is 0 Å². The molecular weight excluding hydrogens is 244 g/mol. The quantitative estimate of drug-likeness (QED) is 0.248. The lowest BCUT2D eigenvalue weighted by atomic mass is 10.1. The molecule has 6 nitrogen and oxygen atoms in total. The smallest absolute Gasteiger partial charge is 0.233 e. The highest BCUT2D eigenvalue weighted by Gasteiger charge is 2.01. The minimum atomic E-state index is -0.00451. The van der Waals surface area contributed by atoms with E-state index >= 15 is 0 Å². The van der Waals surface area contributed by atoms with Gasteiger partial charge in [-0.15, -0.1) is 0 Å². The van der Waals surface area contributed by atoms with E-state index in [9.17, 15) is 4.79 Å². The van der Waals surface area contributed by atoms with Crippen LogP contribution in [0.4, 0.5) is 0 Å². The fraction of sp³-hybridized carbons (Fsp3) is 0.385. The van der Waals surface area contributed by atoms with Crippen molar-refractivity contribution in [3.05, 3.63) is 35.4 Å². The summed E-state index contributed by atoms with van der Waals surface area (Å²) in [7, 11) is 0. The predicted octanol–water partition coefficient (Wildman–Crippen LogP) is 0.397. The van der Waals surface area contributed by atoms with E-state index in [4.69, 9.17) is 10.9 Å². The van der Waals surface area contributed by atoms with Crippen LogP contribution < -0.4 is 16.4 Å². The molecule has 6 heteroatoms. The summed E-state index contributed by atoms with van der Waals surface area (Å²) in [4.78, 5) is 11.3. The van der Waals surface area contributed by atoms with Crippen LogP contribution in [0.2, 0.25) is 0 Å². The number of amidine groups is 1. The van der Waals surface area contributed by atoms with Gasteiger partial charge in [0.05, 0.1) is 6.54 Å². The molecule has 0 saturated carbocycles. The molecule has 1 rings (SSSR count). The van der Waals surface area contributed by atoms with E-state index in [-0.39, 0.29) is 11.7 Å². The van der Waals surface area contributed by atoms with Gasteiger partial charge in [-0.1, -0.05) is 36.3 Å². The highest BCUT2D eigenvalue weighted by Crippen LogP contribution is 2.03. The van der Waals surface area contributed by atoms with E-state index in [0.717, 1.165) is 12.0 Å². The maximum absolute atomic E-state index is 11.3. The van der Waals surface area contributed by atoms with Gasteiger partial charge in [0.2, 0.25) is 5.91 Å². The molecule has 1 aromatic carbocycles. The van der Waals surface area contributed by atoms with Crippen molar-refractivity contribution in [2.24, 2.45) is 10.9 Å². The molecule has 0 spiro atoms. The van der Waals surface area contributed by atoms with Crippen LogP contribution in [-0.4, -0.2) is 30.0 Å². The Balaban J connectivity index is 2.36. The standard InChI is InChI=1S/C13H20N4O2/c1-2-7-16-12(18)9-15-8-10-3-5-11(6-4-10)13(14)17-19/h3-6,15,19H,2,7-9H2,1H3,(H2,14,17)(H,16,18). The van der Waals surface area contributed by atoms with Crippen molar-refractivity contribution in [2.75, 3.05) is 13.1 Å². The number of amides is 1. The van der Waals surface area contributed by atoms with Crippen LogP contribution >= 0.6 is 0 Å². The molecule has 0 saturated heterocycles. The number of oxime groups is 1. The van der Waals surface area contributed by atoms with Crippen LogP contribution in [0.3, 0.4) is 0 Å². The Labute approximate surface area is 112 Å². The lowest BCUT2D eigenvalue weighted by Crippen LogP contribution is -2.33. The fourth-order valence-corrected chi connectivity index (χ4v) is 1.50. The summed E-state index contributed by atoms with van der Waals surface area (Å²) in [6.07, 6.45) is 0.932. The summed E-state index contributed by atoms with van der Waals surface area (Å²) >= 11 is 0. The number of carbonyl (C=O) groups is 1. The monoisotopic (exact) mass is 264 g/mol. The van der Waals surface area contributed by atoms with Gasteiger partial charge in [-0.3, -0.25) is 4.79 Å². The molecule has 5 N–H and O–H groups in total. The van der Waals surface area contributed by atoms with E-state index in [1.807, 2.05) is 19.1 Å². The number of hydrogen-bond acceptors (Lipinski definition) is 4. The van der Waals surface area contributed by atoms with Crippen molar-refractivity contribution in [2.45, 2.75) is 19.9 Å². The fourth-order valence-electron chi connectivity index (χ4n) is 1.50. The zero-order valence-corrected chi connectivity index (χ0v) is 11.0. The minimum Gasteiger partial charge on any atom is -0.409 e. The first-order valence-corrected chi connectivity index (χ1v) is 6.21. The molecule has 104 valence electrons. The second-order valence-corrected chi connectivity index (χ2v) is 4.14. The Bertz CT molecular complexity index is 429. The number of benzene rings is 1. The average Bonchev–Trinajstić information content (AvgIpc) is 2.45. The first-order chi connectivity index (χ1) is 9.17. The second kappa shape index (κ2) is 8.10. The lowest BCUT2D eigenvalue weighted by Gasteiger charge is -2.06. The van der Waals surface area contributed by atoms with Gasteiger partial charge >= 0.3 is 0 Å². The molecule has 1 amide bonds. The first kappa shape index (κ1) is 15.0. The van der Waals surface area contributed by atoms with Gasteiger partial charge in [-0.05, 0) is 12.0 Å². The molecule has 0 heterocycles. The number of nitrogens with zero attached hydrogens (tertiary/aromatic N) is 1. The van der Waals surface area contributed by atoms with Gasteiger partial charge in [-0.2, -0.15) is 0 Å². The summed E-state index contributed by atoms with van der Waals surface area (Å²) in [5.41, 5.74) is 7.15. The van der Waals surface area contributed by atoms with Crippen molar-refractivity contribution in [3.63, 3.8) is 0 Å². The van der Waals surface area contributed by atoms with Crippen molar-refractivity contribution in [3.8, 4) is 0 Å².